The second kappa shape index (κ2) is 10.1. The van der Waals surface area contributed by atoms with E-state index in [4.69, 9.17) is 18.9 Å². The Morgan fingerprint density at radius 3 is 2.52 bits per heavy atom. The van der Waals surface area contributed by atoms with Gasteiger partial charge in [-0.25, -0.2) is 9.18 Å². The van der Waals surface area contributed by atoms with Crippen LogP contribution in [0.25, 0.3) is 0 Å². The van der Waals surface area contributed by atoms with Gasteiger partial charge < -0.3 is 23.8 Å². The third kappa shape index (κ3) is 5.25. The summed E-state index contributed by atoms with van der Waals surface area (Å²) in [6.45, 7) is 0.173. The largest absolute Gasteiger partial charge is 0.497 e. The van der Waals surface area contributed by atoms with Gasteiger partial charge in [0, 0.05) is 18.9 Å². The van der Waals surface area contributed by atoms with Gasteiger partial charge in [0.1, 0.15) is 23.6 Å². The van der Waals surface area contributed by atoms with Crippen LogP contribution in [0.5, 0.6) is 17.2 Å². The van der Waals surface area contributed by atoms with Gasteiger partial charge in [-0.05, 0) is 30.2 Å². The Morgan fingerprint density at radius 1 is 1.06 bits per heavy atom. The molecule has 3 rings (SSSR count). The van der Waals surface area contributed by atoms with Crippen molar-refractivity contribution in [2.24, 2.45) is 0 Å². The van der Waals surface area contributed by atoms with Gasteiger partial charge in [-0.1, -0.05) is 18.2 Å². The number of carbonyl (C=O) groups excluding carboxylic acids is 2. The molecule has 2 aromatic rings. The van der Waals surface area contributed by atoms with Crippen molar-refractivity contribution in [2.45, 2.75) is 31.4 Å². The summed E-state index contributed by atoms with van der Waals surface area (Å²) in [6, 6.07) is 10.7. The van der Waals surface area contributed by atoms with E-state index in [1.807, 2.05) is 6.07 Å². The molecule has 0 saturated carbocycles. The molecular weight excluding hydrogens is 405 g/mol. The predicted molar refractivity (Wildman–Crippen MR) is 111 cm³/mol. The van der Waals surface area contributed by atoms with E-state index in [0.29, 0.717) is 17.9 Å². The van der Waals surface area contributed by atoms with Crippen LogP contribution in [0.3, 0.4) is 0 Å². The lowest BCUT2D eigenvalue weighted by Gasteiger charge is -2.22. The highest BCUT2D eigenvalue weighted by molar-refractivity contribution is 5.85. The third-order valence-corrected chi connectivity index (χ3v) is 5.29. The lowest BCUT2D eigenvalue weighted by Crippen LogP contribution is -2.41. The van der Waals surface area contributed by atoms with Crippen molar-refractivity contribution in [1.82, 2.24) is 4.90 Å². The number of methoxy groups -OCH3 is 3. The van der Waals surface area contributed by atoms with Crippen LogP contribution < -0.4 is 14.2 Å². The Morgan fingerprint density at radius 2 is 1.84 bits per heavy atom. The molecule has 1 fully saturated rings. The molecule has 8 heteroatoms. The van der Waals surface area contributed by atoms with Crippen LogP contribution in [0.15, 0.2) is 42.5 Å². The normalized spacial score (nSPS) is 17.9. The van der Waals surface area contributed by atoms with E-state index >= 15 is 0 Å². The fourth-order valence-electron chi connectivity index (χ4n) is 3.68. The number of rotatable bonds is 8. The Kier molecular flexibility index (Phi) is 7.33. The van der Waals surface area contributed by atoms with E-state index in [2.05, 4.69) is 0 Å². The summed E-state index contributed by atoms with van der Waals surface area (Å²) in [7, 11) is 4.40. The number of nitrogens with zero attached hydrogens (tertiary/aromatic N) is 1. The molecule has 2 unspecified atom stereocenters. The molecule has 0 aliphatic carbocycles. The molecular formula is C23H26FNO6. The summed E-state index contributed by atoms with van der Waals surface area (Å²) in [5.41, 5.74) is 0.852. The van der Waals surface area contributed by atoms with E-state index in [0.717, 1.165) is 5.56 Å². The van der Waals surface area contributed by atoms with Crippen LogP contribution in [0.1, 0.15) is 18.4 Å². The molecule has 1 amide bonds. The maximum absolute atomic E-state index is 13.9. The van der Waals surface area contributed by atoms with Gasteiger partial charge in [0.15, 0.2) is 11.6 Å². The Bertz CT molecular complexity index is 934. The SMILES string of the molecule is COC(=O)C1CC(Oc2ccccc2F)CN1C(=O)CCc1ccc(OC)cc1OC. The van der Waals surface area contributed by atoms with Crippen molar-refractivity contribution in [3.8, 4) is 17.2 Å². The minimum absolute atomic E-state index is 0.0911. The van der Waals surface area contributed by atoms with Crippen molar-refractivity contribution in [2.75, 3.05) is 27.9 Å². The highest BCUT2D eigenvalue weighted by atomic mass is 19.1. The smallest absolute Gasteiger partial charge is 0.328 e. The maximum atomic E-state index is 13.9. The average Bonchev–Trinajstić information content (AvgIpc) is 3.22. The van der Waals surface area contributed by atoms with Crippen LogP contribution in [0.2, 0.25) is 0 Å². The Hall–Kier alpha value is -3.29. The first-order valence-electron chi connectivity index (χ1n) is 9.96. The van der Waals surface area contributed by atoms with E-state index in [1.165, 1.54) is 24.1 Å². The highest BCUT2D eigenvalue weighted by Crippen LogP contribution is 2.28. The molecule has 1 saturated heterocycles. The number of ether oxygens (including phenoxy) is 4. The number of hydrogen-bond acceptors (Lipinski definition) is 6. The topological polar surface area (TPSA) is 74.3 Å². The monoisotopic (exact) mass is 431 g/mol. The summed E-state index contributed by atoms with van der Waals surface area (Å²) in [5, 5.41) is 0. The molecule has 7 nitrogen and oxygen atoms in total. The summed E-state index contributed by atoms with van der Waals surface area (Å²) in [6.07, 6.45) is 0.316. The Balaban J connectivity index is 1.69. The number of halogens is 1. The van der Waals surface area contributed by atoms with Crippen LogP contribution in [-0.4, -0.2) is 56.8 Å². The second-order valence-corrected chi connectivity index (χ2v) is 7.17. The molecule has 0 bridgehead atoms. The van der Waals surface area contributed by atoms with Gasteiger partial charge in [0.05, 0.1) is 27.9 Å². The van der Waals surface area contributed by atoms with Gasteiger partial charge in [-0.15, -0.1) is 0 Å². The van der Waals surface area contributed by atoms with Gasteiger partial charge >= 0.3 is 5.97 Å². The molecule has 2 aromatic carbocycles. The van der Waals surface area contributed by atoms with Crippen molar-refractivity contribution >= 4 is 11.9 Å². The van der Waals surface area contributed by atoms with E-state index in [1.54, 1.807) is 38.5 Å². The molecule has 1 aliphatic heterocycles. The van der Waals surface area contributed by atoms with Gasteiger partial charge in [-0.3, -0.25) is 4.79 Å². The number of para-hydroxylation sites is 1. The van der Waals surface area contributed by atoms with Gasteiger partial charge in [0.2, 0.25) is 5.91 Å². The molecule has 31 heavy (non-hydrogen) atoms. The minimum atomic E-state index is -0.771. The number of hydrogen-bond donors (Lipinski definition) is 0. The standard InChI is InChI=1S/C23H26FNO6/c1-28-16-10-8-15(21(13-16)29-2)9-11-22(26)25-14-17(12-19(25)23(27)30-3)31-20-7-5-4-6-18(20)24/h4-8,10,13,17,19H,9,11-12,14H2,1-3H3. The highest BCUT2D eigenvalue weighted by Gasteiger charge is 2.41. The number of esters is 1. The second-order valence-electron chi connectivity index (χ2n) is 7.17. The number of amides is 1. The fraction of sp³-hybridized carbons (Fsp3) is 0.391. The number of benzene rings is 2. The average molecular weight is 431 g/mol. The fourth-order valence-corrected chi connectivity index (χ4v) is 3.68. The zero-order valence-corrected chi connectivity index (χ0v) is 17.8. The maximum Gasteiger partial charge on any atom is 0.328 e. The zero-order chi connectivity index (χ0) is 22.4. The van der Waals surface area contributed by atoms with E-state index in [9.17, 15) is 14.0 Å². The summed E-state index contributed by atoms with van der Waals surface area (Å²) in [5.74, 6) is 0.147. The van der Waals surface area contributed by atoms with Gasteiger partial charge in [0.25, 0.3) is 0 Å². The van der Waals surface area contributed by atoms with Crippen molar-refractivity contribution < 1.29 is 32.9 Å². The molecule has 1 heterocycles. The first-order chi connectivity index (χ1) is 15.0. The number of carbonyl (C=O) groups is 2. The number of aryl methyl sites for hydroxylation is 1. The predicted octanol–water partition coefficient (Wildman–Crippen LogP) is 3.00. The van der Waals surface area contributed by atoms with Crippen LogP contribution >= 0.6 is 0 Å². The molecule has 166 valence electrons. The quantitative estimate of drug-likeness (QED) is 0.599. The lowest BCUT2D eigenvalue weighted by atomic mass is 10.1. The molecule has 2 atom stereocenters. The molecule has 0 N–H and O–H groups in total. The van der Waals surface area contributed by atoms with Gasteiger partial charge in [-0.2, -0.15) is 0 Å². The molecule has 1 aliphatic rings. The third-order valence-electron chi connectivity index (χ3n) is 5.29. The van der Waals surface area contributed by atoms with E-state index in [-0.39, 0.29) is 31.0 Å². The van der Waals surface area contributed by atoms with Crippen LogP contribution in [-0.2, 0) is 20.7 Å². The zero-order valence-electron chi connectivity index (χ0n) is 17.8. The van der Waals surface area contributed by atoms with Crippen LogP contribution in [0.4, 0.5) is 4.39 Å². The molecule has 0 spiro atoms. The summed E-state index contributed by atoms with van der Waals surface area (Å²) in [4.78, 5) is 26.7. The van der Waals surface area contributed by atoms with Crippen molar-refractivity contribution in [1.29, 1.82) is 0 Å². The summed E-state index contributed by atoms with van der Waals surface area (Å²) >= 11 is 0. The van der Waals surface area contributed by atoms with E-state index < -0.39 is 23.9 Å². The first kappa shape index (κ1) is 22.4. The lowest BCUT2D eigenvalue weighted by molar-refractivity contribution is -0.150. The number of likely N-dealkylation sites (tertiary alicyclic amines) is 1. The van der Waals surface area contributed by atoms with Crippen molar-refractivity contribution in [3.05, 3.63) is 53.8 Å². The molecule has 0 radical (unpaired) electrons. The first-order valence-corrected chi connectivity index (χ1v) is 9.96. The minimum Gasteiger partial charge on any atom is -0.497 e. The van der Waals surface area contributed by atoms with Crippen molar-refractivity contribution in [3.63, 3.8) is 0 Å². The van der Waals surface area contributed by atoms with Crippen LogP contribution in [0, 0.1) is 5.82 Å². The molecule has 0 aromatic heterocycles. The summed E-state index contributed by atoms with van der Waals surface area (Å²) < 4.78 is 35.1. The Labute approximate surface area is 180 Å².